The van der Waals surface area contributed by atoms with Gasteiger partial charge in [0.15, 0.2) is 0 Å². The van der Waals surface area contributed by atoms with E-state index in [0.29, 0.717) is 21.7 Å². The van der Waals surface area contributed by atoms with Crippen LogP contribution in [0, 0.1) is 45.3 Å². The molecule has 0 radical (unpaired) electrons. The molecule has 0 N–H and O–H groups in total. The van der Waals surface area contributed by atoms with Crippen molar-refractivity contribution in [1.82, 2.24) is 0 Å². The van der Waals surface area contributed by atoms with Gasteiger partial charge < -0.3 is 0 Å². The van der Waals surface area contributed by atoms with Crippen LogP contribution in [0.25, 0.3) is 0 Å². The summed E-state index contributed by atoms with van der Waals surface area (Å²) in [4.78, 5) is 0. The molecule has 2 fully saturated rings. The lowest BCUT2D eigenvalue weighted by Crippen LogP contribution is -2.83. The minimum atomic E-state index is 0.447. The molecule has 0 saturated heterocycles. The van der Waals surface area contributed by atoms with Crippen LogP contribution >= 0.6 is 0 Å². The smallest absolute Gasteiger partial charge is 0.0171 e. The summed E-state index contributed by atoms with van der Waals surface area (Å²) in [7, 11) is 0. The maximum atomic E-state index is 2.63. The Morgan fingerprint density at radius 1 is 1.00 bits per heavy atom. The fraction of sp³-hybridized carbons (Fsp3) is 1.00. The van der Waals surface area contributed by atoms with Crippen LogP contribution in [0.1, 0.15) is 82.1 Å². The van der Waals surface area contributed by atoms with E-state index >= 15 is 0 Å². The van der Waals surface area contributed by atoms with Crippen molar-refractivity contribution in [2.45, 2.75) is 82.1 Å². The topological polar surface area (TPSA) is 0 Å². The second-order valence-corrected chi connectivity index (χ2v) is 9.58. The molecule has 0 amide bonds. The minimum Gasteiger partial charge on any atom is -0.0654 e. The molecule has 2 aliphatic rings. The Labute approximate surface area is 128 Å². The Bertz CT molecular complexity index is 393. The van der Waals surface area contributed by atoms with Crippen LogP contribution in [-0.4, -0.2) is 0 Å². The van der Waals surface area contributed by atoms with Crippen LogP contribution in [0.4, 0.5) is 0 Å². The van der Waals surface area contributed by atoms with Gasteiger partial charge in [-0.15, -0.1) is 0 Å². The third-order valence-electron chi connectivity index (χ3n) is 9.28. The van der Waals surface area contributed by atoms with Gasteiger partial charge >= 0.3 is 0 Å². The molecule has 2 rings (SSSR count). The molecule has 0 aliphatic heterocycles. The highest BCUT2D eigenvalue weighted by Crippen LogP contribution is 2.88. The Morgan fingerprint density at radius 3 is 1.90 bits per heavy atom. The normalized spacial score (nSPS) is 51.5. The number of hydrogen-bond donors (Lipinski definition) is 0. The van der Waals surface area contributed by atoms with E-state index in [1.54, 1.807) is 0 Å². The summed E-state index contributed by atoms with van der Waals surface area (Å²) in [5.74, 6) is 3.47. The average molecular weight is 279 g/mol. The SMILES string of the molecule is CCCC(C)(C)C1(C)C(C)C2C(C)C(C)(C(C)C)C21C. The van der Waals surface area contributed by atoms with Gasteiger partial charge in [-0.25, -0.2) is 0 Å². The summed E-state index contributed by atoms with van der Waals surface area (Å²) in [5, 5.41) is 0. The van der Waals surface area contributed by atoms with E-state index < -0.39 is 0 Å². The third kappa shape index (κ3) is 1.31. The molecule has 118 valence electrons. The zero-order valence-corrected chi connectivity index (χ0v) is 15.7. The first-order valence-electron chi connectivity index (χ1n) is 8.94. The van der Waals surface area contributed by atoms with Crippen molar-refractivity contribution in [3.8, 4) is 0 Å². The Morgan fingerprint density at radius 2 is 1.50 bits per heavy atom. The highest BCUT2D eigenvalue weighted by Gasteiger charge is 2.83. The van der Waals surface area contributed by atoms with Crippen LogP contribution in [0.15, 0.2) is 0 Å². The van der Waals surface area contributed by atoms with Crippen LogP contribution in [0.2, 0.25) is 0 Å². The molecule has 2 saturated carbocycles. The van der Waals surface area contributed by atoms with E-state index in [1.165, 1.54) is 12.8 Å². The van der Waals surface area contributed by atoms with Crippen molar-refractivity contribution in [3.05, 3.63) is 0 Å². The third-order valence-corrected chi connectivity index (χ3v) is 9.28. The van der Waals surface area contributed by atoms with Gasteiger partial charge in [0.1, 0.15) is 0 Å². The predicted molar refractivity (Wildman–Crippen MR) is 89.7 cm³/mol. The summed E-state index contributed by atoms with van der Waals surface area (Å²) in [5.41, 5.74) is 1.95. The molecule has 0 bridgehead atoms. The Hall–Kier alpha value is 0. The lowest BCUT2D eigenvalue weighted by atomic mass is 9.16. The first kappa shape index (κ1) is 16.4. The molecular formula is C20H38. The summed E-state index contributed by atoms with van der Waals surface area (Å²) in [6.45, 7) is 25.2. The molecule has 6 atom stereocenters. The average Bonchev–Trinajstić information content (AvgIpc) is 2.35. The molecule has 0 heteroatoms. The van der Waals surface area contributed by atoms with Gasteiger partial charge in [0.25, 0.3) is 0 Å². The predicted octanol–water partition coefficient (Wildman–Crippen LogP) is 6.40. The van der Waals surface area contributed by atoms with Crippen molar-refractivity contribution in [3.63, 3.8) is 0 Å². The van der Waals surface area contributed by atoms with Gasteiger partial charge in [-0.05, 0) is 51.8 Å². The summed E-state index contributed by atoms with van der Waals surface area (Å²) in [6, 6.07) is 0. The largest absolute Gasteiger partial charge is 0.0654 e. The molecule has 0 aromatic heterocycles. The van der Waals surface area contributed by atoms with Crippen LogP contribution in [-0.2, 0) is 0 Å². The van der Waals surface area contributed by atoms with E-state index in [4.69, 9.17) is 0 Å². The highest BCUT2D eigenvalue weighted by molar-refractivity contribution is 5.30. The quantitative estimate of drug-likeness (QED) is 0.558. The summed E-state index contributed by atoms with van der Waals surface area (Å²) < 4.78 is 0. The number of rotatable bonds is 4. The fourth-order valence-electron chi connectivity index (χ4n) is 7.51. The van der Waals surface area contributed by atoms with Gasteiger partial charge in [-0.2, -0.15) is 0 Å². The molecule has 0 aromatic rings. The van der Waals surface area contributed by atoms with E-state index in [1.807, 2.05) is 0 Å². The Kier molecular flexibility index (Phi) is 3.49. The van der Waals surface area contributed by atoms with E-state index in [2.05, 4.69) is 69.2 Å². The lowest BCUT2D eigenvalue weighted by molar-refractivity contribution is -0.407. The first-order valence-corrected chi connectivity index (χ1v) is 8.94. The van der Waals surface area contributed by atoms with Gasteiger partial charge in [0.05, 0.1) is 0 Å². The van der Waals surface area contributed by atoms with Gasteiger partial charge in [0.2, 0.25) is 0 Å². The summed E-state index contributed by atoms with van der Waals surface area (Å²) in [6.07, 6.45) is 2.67. The Balaban J connectivity index is 2.48. The maximum absolute atomic E-state index is 2.63. The van der Waals surface area contributed by atoms with Gasteiger partial charge in [0, 0.05) is 0 Å². The molecule has 0 nitrogen and oxygen atoms in total. The molecule has 6 unspecified atom stereocenters. The molecule has 0 aromatic carbocycles. The van der Waals surface area contributed by atoms with Crippen LogP contribution < -0.4 is 0 Å². The van der Waals surface area contributed by atoms with Crippen molar-refractivity contribution < 1.29 is 0 Å². The second-order valence-electron chi connectivity index (χ2n) is 9.58. The van der Waals surface area contributed by atoms with E-state index in [9.17, 15) is 0 Å². The monoisotopic (exact) mass is 278 g/mol. The zero-order chi connectivity index (χ0) is 15.7. The van der Waals surface area contributed by atoms with Gasteiger partial charge in [-0.1, -0.05) is 75.7 Å². The fourth-order valence-corrected chi connectivity index (χ4v) is 7.51. The van der Waals surface area contributed by atoms with E-state index in [-0.39, 0.29) is 0 Å². The maximum Gasteiger partial charge on any atom is -0.0171 e. The van der Waals surface area contributed by atoms with Crippen molar-refractivity contribution >= 4 is 0 Å². The standard InChI is InChI=1S/C20H38/c1-11-12-17(6,7)19(9)15(5)16-14(4)18(8,13(2)3)20(16,19)10/h13-16H,11-12H2,1-10H3. The van der Waals surface area contributed by atoms with Crippen molar-refractivity contribution in [2.24, 2.45) is 45.3 Å². The molecule has 2 aliphatic carbocycles. The molecule has 0 heterocycles. The van der Waals surface area contributed by atoms with Crippen molar-refractivity contribution in [2.75, 3.05) is 0 Å². The zero-order valence-electron chi connectivity index (χ0n) is 15.7. The number of hydrogen-bond acceptors (Lipinski definition) is 0. The first-order chi connectivity index (χ1) is 8.94. The molecule has 0 spiro atoms. The van der Waals surface area contributed by atoms with Gasteiger partial charge in [-0.3, -0.25) is 0 Å². The van der Waals surface area contributed by atoms with Crippen LogP contribution in [0.5, 0.6) is 0 Å². The summed E-state index contributed by atoms with van der Waals surface area (Å²) >= 11 is 0. The van der Waals surface area contributed by atoms with Crippen molar-refractivity contribution in [1.29, 1.82) is 0 Å². The number of fused-ring (bicyclic) bond motifs is 1. The van der Waals surface area contributed by atoms with E-state index in [0.717, 1.165) is 23.7 Å². The molecular weight excluding hydrogens is 240 g/mol. The highest BCUT2D eigenvalue weighted by atomic mass is 14.9. The lowest BCUT2D eigenvalue weighted by Gasteiger charge is -2.88. The van der Waals surface area contributed by atoms with Crippen LogP contribution in [0.3, 0.4) is 0 Å². The molecule has 20 heavy (non-hydrogen) atoms. The second kappa shape index (κ2) is 4.26. The minimum absolute atomic E-state index is 0.447.